The normalized spacial score (nSPS) is 26.4. The van der Waals surface area contributed by atoms with E-state index in [0.717, 1.165) is 11.1 Å². The zero-order chi connectivity index (χ0) is 29.1. The number of fused-ring (bicyclic) bond motifs is 3. The standard InChI is InChI=1S/C29H37N3O7/c1-12(2)10-31-11-15-8-16(13(3)4)17-7-14-9-18-22(32(5)6)25(35)21(28(30)38)27(37)29(18,39)26(36)19(14)24(34)20(17)23(15)33/h8,10,13-14,18,22,31,33-34,37,39H,7,9,11H2,1-6H3,(H2,30,38)/t14-,18-,22-,29-/m0/s1. The summed E-state index contributed by atoms with van der Waals surface area (Å²) < 4.78 is 0. The topological polar surface area (TPSA) is 173 Å². The molecule has 7 N–H and O–H groups in total. The van der Waals surface area contributed by atoms with Crippen molar-refractivity contribution in [2.45, 2.75) is 64.6 Å². The number of primary amides is 1. The van der Waals surface area contributed by atoms with Crippen molar-refractivity contribution in [3.63, 3.8) is 0 Å². The van der Waals surface area contributed by atoms with Crippen LogP contribution in [0.2, 0.25) is 0 Å². The zero-order valence-electron chi connectivity index (χ0n) is 23.1. The van der Waals surface area contributed by atoms with Gasteiger partial charge in [-0.1, -0.05) is 19.4 Å². The number of rotatable bonds is 6. The van der Waals surface area contributed by atoms with E-state index in [4.69, 9.17) is 5.73 Å². The lowest BCUT2D eigenvalue weighted by molar-refractivity contribution is -0.153. The van der Waals surface area contributed by atoms with Gasteiger partial charge in [-0.15, -0.1) is 0 Å². The molecule has 0 heterocycles. The fourth-order valence-electron chi connectivity index (χ4n) is 6.41. The summed E-state index contributed by atoms with van der Waals surface area (Å²) in [7, 11) is 3.15. The Morgan fingerprint density at radius 3 is 2.41 bits per heavy atom. The van der Waals surface area contributed by atoms with E-state index in [0.29, 0.717) is 11.1 Å². The number of carbonyl (C=O) groups excluding carboxylic acids is 3. The van der Waals surface area contributed by atoms with Crippen molar-refractivity contribution in [1.29, 1.82) is 0 Å². The first-order valence-corrected chi connectivity index (χ1v) is 13.0. The van der Waals surface area contributed by atoms with Crippen LogP contribution in [0.3, 0.4) is 0 Å². The highest BCUT2D eigenvalue weighted by atomic mass is 16.3. The highest BCUT2D eigenvalue weighted by molar-refractivity contribution is 6.24. The average molecular weight is 540 g/mol. The predicted octanol–water partition coefficient (Wildman–Crippen LogP) is 2.10. The van der Waals surface area contributed by atoms with Crippen molar-refractivity contribution in [1.82, 2.24) is 10.2 Å². The molecule has 0 bridgehead atoms. The summed E-state index contributed by atoms with van der Waals surface area (Å²) in [5.74, 6) is -6.46. The maximum absolute atomic E-state index is 14.0. The van der Waals surface area contributed by atoms with Crippen LogP contribution >= 0.6 is 0 Å². The van der Waals surface area contributed by atoms with E-state index in [1.807, 2.05) is 33.8 Å². The second kappa shape index (κ2) is 9.84. The van der Waals surface area contributed by atoms with Crippen LogP contribution in [0.15, 0.2) is 34.7 Å². The van der Waals surface area contributed by atoms with E-state index in [2.05, 4.69) is 5.32 Å². The Morgan fingerprint density at radius 2 is 1.87 bits per heavy atom. The van der Waals surface area contributed by atoms with Crippen LogP contribution < -0.4 is 11.1 Å². The van der Waals surface area contributed by atoms with E-state index in [1.165, 1.54) is 4.90 Å². The number of Topliss-reactive ketones (excluding diaryl/α,β-unsaturated/α-hetero) is 2. The van der Waals surface area contributed by atoms with Gasteiger partial charge in [0.15, 0.2) is 11.4 Å². The molecule has 1 saturated carbocycles. The summed E-state index contributed by atoms with van der Waals surface area (Å²) in [5.41, 5.74) is 5.02. The fourth-order valence-corrected chi connectivity index (χ4v) is 6.41. The summed E-state index contributed by atoms with van der Waals surface area (Å²) in [6.07, 6.45) is 2.14. The zero-order valence-corrected chi connectivity index (χ0v) is 23.1. The maximum Gasteiger partial charge on any atom is 0.255 e. The average Bonchev–Trinajstić information content (AvgIpc) is 2.81. The van der Waals surface area contributed by atoms with Crippen LogP contribution in [0.25, 0.3) is 5.76 Å². The molecule has 0 unspecified atom stereocenters. The Kier molecular flexibility index (Phi) is 7.16. The van der Waals surface area contributed by atoms with Crippen molar-refractivity contribution in [2.75, 3.05) is 14.1 Å². The number of carbonyl (C=O) groups is 3. The molecule has 0 spiro atoms. The largest absolute Gasteiger partial charge is 0.508 e. The van der Waals surface area contributed by atoms with Gasteiger partial charge in [-0.3, -0.25) is 19.3 Å². The van der Waals surface area contributed by atoms with Gasteiger partial charge in [-0.25, -0.2) is 0 Å². The molecule has 39 heavy (non-hydrogen) atoms. The highest BCUT2D eigenvalue weighted by Gasteiger charge is 2.64. The van der Waals surface area contributed by atoms with Crippen molar-refractivity contribution in [3.05, 3.63) is 57.0 Å². The van der Waals surface area contributed by atoms with Crippen molar-refractivity contribution < 1.29 is 34.8 Å². The van der Waals surface area contributed by atoms with Crippen LogP contribution in [0.1, 0.15) is 62.3 Å². The molecule has 0 radical (unpaired) electrons. The lowest BCUT2D eigenvalue weighted by atomic mass is 9.57. The molecule has 4 atom stereocenters. The number of phenolic OH excluding ortho intramolecular Hbond substituents is 1. The number of nitrogens with zero attached hydrogens (tertiary/aromatic N) is 1. The molecule has 3 aliphatic carbocycles. The molecule has 1 aromatic carbocycles. The second-order valence-electron chi connectivity index (χ2n) is 11.5. The van der Waals surface area contributed by atoms with E-state index < -0.39 is 58.0 Å². The quantitative estimate of drug-likeness (QED) is 0.296. The minimum absolute atomic E-state index is 0.0306. The molecule has 10 heteroatoms. The van der Waals surface area contributed by atoms with Crippen molar-refractivity contribution in [2.24, 2.45) is 17.6 Å². The molecule has 3 aliphatic rings. The molecular weight excluding hydrogens is 502 g/mol. The van der Waals surface area contributed by atoms with Gasteiger partial charge in [-0.05, 0) is 76.0 Å². The number of benzene rings is 1. The van der Waals surface area contributed by atoms with Crippen LogP contribution in [0.5, 0.6) is 5.75 Å². The molecule has 0 aromatic heterocycles. The maximum atomic E-state index is 14.0. The number of ketones is 2. The molecule has 1 aromatic rings. The minimum atomic E-state index is -2.65. The predicted molar refractivity (Wildman–Crippen MR) is 145 cm³/mol. The molecule has 10 nitrogen and oxygen atoms in total. The molecule has 1 fully saturated rings. The lowest BCUT2D eigenvalue weighted by Crippen LogP contribution is -2.65. The summed E-state index contributed by atoms with van der Waals surface area (Å²) in [6.45, 7) is 8.12. The lowest BCUT2D eigenvalue weighted by Gasteiger charge is -2.50. The van der Waals surface area contributed by atoms with Gasteiger partial charge in [0.2, 0.25) is 5.78 Å². The first-order valence-electron chi connectivity index (χ1n) is 13.0. The molecular formula is C29H37N3O7. The third kappa shape index (κ3) is 4.22. The number of likely N-dealkylation sites (N-methyl/N-ethyl adjacent to an activating group) is 1. The number of aliphatic hydroxyl groups is 3. The van der Waals surface area contributed by atoms with Gasteiger partial charge in [0.25, 0.3) is 5.91 Å². The highest BCUT2D eigenvalue weighted by Crippen LogP contribution is 2.53. The number of hydrogen-bond acceptors (Lipinski definition) is 9. The van der Waals surface area contributed by atoms with Crippen LogP contribution in [-0.4, -0.2) is 68.5 Å². The summed E-state index contributed by atoms with van der Waals surface area (Å²) in [5, 5.41) is 48.7. The third-order valence-corrected chi connectivity index (χ3v) is 8.14. The summed E-state index contributed by atoms with van der Waals surface area (Å²) in [4.78, 5) is 40.8. The first kappa shape index (κ1) is 28.4. The molecule has 0 saturated heterocycles. The Labute approximate surface area is 227 Å². The Morgan fingerprint density at radius 1 is 1.23 bits per heavy atom. The van der Waals surface area contributed by atoms with Gasteiger partial charge in [0.05, 0.1) is 11.6 Å². The number of aliphatic hydroxyl groups excluding tert-OH is 2. The number of allylic oxidation sites excluding steroid dienone is 1. The van der Waals surface area contributed by atoms with Crippen molar-refractivity contribution in [3.8, 4) is 5.75 Å². The van der Waals surface area contributed by atoms with Gasteiger partial charge < -0.3 is 31.5 Å². The number of nitrogens with one attached hydrogen (secondary N) is 1. The smallest absolute Gasteiger partial charge is 0.255 e. The monoisotopic (exact) mass is 539 g/mol. The van der Waals surface area contributed by atoms with Crippen molar-refractivity contribution >= 4 is 23.2 Å². The van der Waals surface area contributed by atoms with E-state index in [9.17, 15) is 34.8 Å². The number of phenols is 1. The summed E-state index contributed by atoms with van der Waals surface area (Å²) in [6, 6.07) is 0.786. The number of hydrogen-bond donors (Lipinski definition) is 6. The van der Waals surface area contributed by atoms with E-state index in [-0.39, 0.29) is 42.2 Å². The SMILES string of the molecule is CC(C)=CNCc1cc(C(C)C)c2c(c1O)C(O)=C1C(=O)[C@]3(O)C(O)=C(C(N)=O)C(=O)[C@@H](N(C)C)[C@@H]3C[C@@H]1C2. The summed E-state index contributed by atoms with van der Waals surface area (Å²) >= 11 is 0. The van der Waals surface area contributed by atoms with E-state index >= 15 is 0 Å². The number of amides is 1. The first-order chi connectivity index (χ1) is 18.1. The number of aromatic hydroxyl groups is 1. The van der Waals surface area contributed by atoms with E-state index in [1.54, 1.807) is 20.3 Å². The third-order valence-electron chi connectivity index (χ3n) is 8.14. The fraction of sp³-hybridized carbons (Fsp3) is 0.483. The van der Waals surface area contributed by atoms with Crippen LogP contribution in [0, 0.1) is 11.8 Å². The number of nitrogens with two attached hydrogens (primary N) is 1. The second-order valence-corrected chi connectivity index (χ2v) is 11.5. The van der Waals surface area contributed by atoms with Crippen LogP contribution in [0.4, 0.5) is 0 Å². The van der Waals surface area contributed by atoms with Gasteiger partial charge in [0.1, 0.15) is 22.8 Å². The Hall–Kier alpha value is -3.63. The Bertz CT molecular complexity index is 1370. The molecule has 4 rings (SSSR count). The van der Waals surface area contributed by atoms with Gasteiger partial charge >= 0.3 is 0 Å². The van der Waals surface area contributed by atoms with Gasteiger partial charge in [0, 0.05) is 23.6 Å². The Balaban J connectivity index is 1.95. The van der Waals surface area contributed by atoms with Crippen LogP contribution in [-0.2, 0) is 27.3 Å². The molecule has 1 amide bonds. The minimum Gasteiger partial charge on any atom is -0.508 e. The van der Waals surface area contributed by atoms with Gasteiger partial charge in [-0.2, -0.15) is 0 Å². The molecule has 0 aliphatic heterocycles. The molecule has 210 valence electrons.